The van der Waals surface area contributed by atoms with E-state index >= 15 is 0 Å². The van der Waals surface area contributed by atoms with Crippen LogP contribution in [0.3, 0.4) is 0 Å². The first-order valence-corrected chi connectivity index (χ1v) is 8.24. The van der Waals surface area contributed by atoms with Crippen molar-refractivity contribution in [3.8, 4) is 11.5 Å². The molecule has 1 N–H and O–H groups in total. The number of halogens is 3. The second kappa shape index (κ2) is 7.95. The predicted octanol–water partition coefficient (Wildman–Crippen LogP) is 6.15. The van der Waals surface area contributed by atoms with Gasteiger partial charge < -0.3 is 10.1 Å². The highest BCUT2D eigenvalue weighted by Crippen LogP contribution is 2.29. The van der Waals surface area contributed by atoms with Crippen LogP contribution in [0.25, 0.3) is 0 Å². The Hall–Kier alpha value is -2.95. The Balaban J connectivity index is 1.54. The molecule has 0 atom stereocenters. The third-order valence-corrected chi connectivity index (χ3v) is 3.83. The molecule has 0 aliphatic heterocycles. The smallest absolute Gasteiger partial charge is 0.416 e. The first-order chi connectivity index (χ1) is 12.5. The van der Waals surface area contributed by atoms with Gasteiger partial charge >= 0.3 is 6.18 Å². The van der Waals surface area contributed by atoms with Gasteiger partial charge in [0.1, 0.15) is 11.5 Å². The maximum absolute atomic E-state index is 12.6. The summed E-state index contributed by atoms with van der Waals surface area (Å²) in [5, 5.41) is 3.13. The number of para-hydroxylation sites is 1. The minimum atomic E-state index is -4.31. The van der Waals surface area contributed by atoms with Gasteiger partial charge in [-0.25, -0.2) is 0 Å². The van der Waals surface area contributed by atoms with E-state index in [1.807, 2.05) is 54.6 Å². The van der Waals surface area contributed by atoms with Crippen LogP contribution in [-0.2, 0) is 12.6 Å². The molecule has 0 fully saturated rings. The van der Waals surface area contributed by atoms with Crippen LogP contribution in [0.15, 0.2) is 78.9 Å². The van der Waals surface area contributed by atoms with Crippen LogP contribution in [0.2, 0.25) is 0 Å². The van der Waals surface area contributed by atoms with Gasteiger partial charge in [-0.05, 0) is 60.5 Å². The molecule has 0 spiro atoms. The van der Waals surface area contributed by atoms with Crippen molar-refractivity contribution in [2.75, 3.05) is 11.9 Å². The lowest BCUT2D eigenvalue weighted by molar-refractivity contribution is -0.137. The molecule has 0 heterocycles. The van der Waals surface area contributed by atoms with Crippen molar-refractivity contribution in [2.45, 2.75) is 12.6 Å². The number of nitrogens with one attached hydrogen (secondary N) is 1. The van der Waals surface area contributed by atoms with Crippen molar-refractivity contribution in [3.05, 3.63) is 90.0 Å². The quantitative estimate of drug-likeness (QED) is 0.571. The molecule has 0 unspecified atom stereocenters. The van der Waals surface area contributed by atoms with Crippen LogP contribution in [0.5, 0.6) is 11.5 Å². The lowest BCUT2D eigenvalue weighted by Crippen LogP contribution is -2.07. The van der Waals surface area contributed by atoms with E-state index < -0.39 is 11.7 Å². The van der Waals surface area contributed by atoms with Crippen molar-refractivity contribution in [1.82, 2.24) is 0 Å². The summed E-state index contributed by atoms with van der Waals surface area (Å²) in [7, 11) is 0. The van der Waals surface area contributed by atoms with Crippen LogP contribution in [0.4, 0.5) is 18.9 Å². The van der Waals surface area contributed by atoms with Crippen molar-refractivity contribution < 1.29 is 17.9 Å². The van der Waals surface area contributed by atoms with Gasteiger partial charge in [-0.3, -0.25) is 0 Å². The summed E-state index contributed by atoms with van der Waals surface area (Å²) in [5.74, 6) is 1.52. The largest absolute Gasteiger partial charge is 0.457 e. The lowest BCUT2D eigenvalue weighted by atomic mass is 10.1. The Kier molecular flexibility index (Phi) is 5.46. The van der Waals surface area contributed by atoms with Gasteiger partial charge in [0.25, 0.3) is 0 Å². The highest BCUT2D eigenvalue weighted by Gasteiger charge is 2.29. The number of hydrogen-bond acceptors (Lipinski definition) is 2. The zero-order valence-corrected chi connectivity index (χ0v) is 14.0. The molecule has 0 bridgehead atoms. The van der Waals surface area contributed by atoms with Crippen LogP contribution in [0.1, 0.15) is 11.1 Å². The van der Waals surface area contributed by atoms with E-state index in [4.69, 9.17) is 4.74 Å². The van der Waals surface area contributed by atoms with Gasteiger partial charge in [0, 0.05) is 12.2 Å². The fourth-order valence-electron chi connectivity index (χ4n) is 2.52. The first kappa shape index (κ1) is 17.9. The second-order valence-electron chi connectivity index (χ2n) is 5.81. The fraction of sp³-hybridized carbons (Fsp3) is 0.143. The molecular weight excluding hydrogens is 339 g/mol. The van der Waals surface area contributed by atoms with Crippen molar-refractivity contribution in [3.63, 3.8) is 0 Å². The minimum Gasteiger partial charge on any atom is -0.457 e. The molecule has 0 aliphatic rings. The summed E-state index contributed by atoms with van der Waals surface area (Å²) < 4.78 is 43.5. The van der Waals surface area contributed by atoms with Crippen molar-refractivity contribution in [2.24, 2.45) is 0 Å². The third kappa shape index (κ3) is 5.02. The molecule has 3 aromatic rings. The number of alkyl halides is 3. The van der Waals surface area contributed by atoms with Gasteiger partial charge in [-0.15, -0.1) is 0 Å². The van der Waals surface area contributed by atoms with Gasteiger partial charge in [-0.2, -0.15) is 13.2 Å². The maximum atomic E-state index is 12.6. The highest BCUT2D eigenvalue weighted by molar-refractivity contribution is 5.45. The molecule has 3 rings (SSSR count). The van der Waals surface area contributed by atoms with E-state index in [0.717, 1.165) is 35.6 Å². The summed E-state index contributed by atoms with van der Waals surface area (Å²) in [6, 6.07) is 22.3. The average molecular weight is 357 g/mol. The predicted molar refractivity (Wildman–Crippen MR) is 96.6 cm³/mol. The molecule has 0 amide bonds. The number of hydrogen-bond donors (Lipinski definition) is 1. The number of rotatable bonds is 6. The Bertz CT molecular complexity index is 830. The summed E-state index contributed by atoms with van der Waals surface area (Å²) in [4.78, 5) is 0. The summed E-state index contributed by atoms with van der Waals surface area (Å²) in [6.45, 7) is 0.611. The molecule has 3 aromatic carbocycles. The van der Waals surface area contributed by atoms with Gasteiger partial charge in [-0.1, -0.05) is 30.3 Å². The van der Waals surface area contributed by atoms with Crippen molar-refractivity contribution >= 4 is 5.69 Å². The summed E-state index contributed by atoms with van der Waals surface area (Å²) >= 11 is 0. The van der Waals surface area contributed by atoms with E-state index in [1.165, 1.54) is 12.1 Å². The van der Waals surface area contributed by atoms with E-state index in [-0.39, 0.29) is 0 Å². The summed E-state index contributed by atoms with van der Waals surface area (Å²) in [5.41, 5.74) is 1.10. The molecule has 0 saturated carbocycles. The third-order valence-electron chi connectivity index (χ3n) is 3.83. The van der Waals surface area contributed by atoms with Crippen LogP contribution < -0.4 is 10.1 Å². The first-order valence-electron chi connectivity index (χ1n) is 8.24. The molecule has 0 radical (unpaired) electrons. The zero-order valence-electron chi connectivity index (χ0n) is 14.0. The van der Waals surface area contributed by atoms with Gasteiger partial charge in [0.05, 0.1) is 5.56 Å². The molecule has 26 heavy (non-hydrogen) atoms. The number of ether oxygens (including phenoxy) is 1. The monoisotopic (exact) mass is 357 g/mol. The lowest BCUT2D eigenvalue weighted by Gasteiger charge is -2.10. The Morgan fingerprint density at radius 3 is 2.15 bits per heavy atom. The highest BCUT2D eigenvalue weighted by atomic mass is 19.4. The van der Waals surface area contributed by atoms with Crippen LogP contribution in [-0.4, -0.2) is 6.54 Å². The van der Waals surface area contributed by atoms with Crippen molar-refractivity contribution in [1.29, 1.82) is 0 Å². The summed E-state index contributed by atoms with van der Waals surface area (Å²) in [6.07, 6.45) is -3.58. The molecule has 5 heteroatoms. The van der Waals surface area contributed by atoms with Gasteiger partial charge in [0.15, 0.2) is 0 Å². The minimum absolute atomic E-state index is 0.611. The second-order valence-corrected chi connectivity index (χ2v) is 5.81. The van der Waals surface area contributed by atoms with Gasteiger partial charge in [0.2, 0.25) is 0 Å². The van der Waals surface area contributed by atoms with E-state index in [9.17, 15) is 13.2 Å². The SMILES string of the molecule is FC(F)(F)c1ccc(NCCc2cccc(Oc3ccccc3)c2)cc1. The van der Waals surface area contributed by atoms with E-state index in [0.29, 0.717) is 12.2 Å². The normalized spacial score (nSPS) is 11.2. The standard InChI is InChI=1S/C21H18F3NO/c22-21(23,24)17-9-11-18(12-10-17)25-14-13-16-5-4-8-20(15-16)26-19-6-2-1-3-7-19/h1-12,15,25H,13-14H2. The molecule has 2 nitrogen and oxygen atoms in total. The van der Waals surface area contributed by atoms with Crippen LogP contribution in [0, 0.1) is 0 Å². The number of anilines is 1. The molecule has 0 aliphatic carbocycles. The molecule has 0 aromatic heterocycles. The van der Waals surface area contributed by atoms with E-state index in [2.05, 4.69) is 5.32 Å². The topological polar surface area (TPSA) is 21.3 Å². The Morgan fingerprint density at radius 2 is 1.46 bits per heavy atom. The average Bonchev–Trinajstić information content (AvgIpc) is 2.63. The zero-order chi connectivity index (χ0) is 18.4. The Morgan fingerprint density at radius 1 is 0.769 bits per heavy atom. The molecule has 0 saturated heterocycles. The van der Waals surface area contributed by atoms with E-state index in [1.54, 1.807) is 0 Å². The molecule has 134 valence electrons. The maximum Gasteiger partial charge on any atom is 0.416 e. The number of benzene rings is 3. The van der Waals surface area contributed by atoms with Crippen LogP contribution >= 0.6 is 0 Å². The molecular formula is C21H18F3NO. The Labute approximate surface area is 150 Å². The fourth-order valence-corrected chi connectivity index (χ4v) is 2.52.